The number of hydrogen-bond acceptors (Lipinski definition) is 7. The van der Waals surface area contributed by atoms with Crippen molar-refractivity contribution in [2.24, 2.45) is 5.92 Å². The molecular formula is C28H32N4O3S2. The molecule has 0 aliphatic carbocycles. The molecule has 2 saturated heterocycles. The summed E-state index contributed by atoms with van der Waals surface area (Å²) in [5.41, 5.74) is 2.29. The normalized spacial score (nSPS) is 17.5. The summed E-state index contributed by atoms with van der Waals surface area (Å²) in [6.45, 7) is 8.53. The van der Waals surface area contributed by atoms with Crippen LogP contribution in [0.4, 0.5) is 5.82 Å². The monoisotopic (exact) mass is 536 g/mol. The van der Waals surface area contributed by atoms with Crippen molar-refractivity contribution in [3.05, 3.63) is 61.8 Å². The van der Waals surface area contributed by atoms with E-state index in [0.717, 1.165) is 48.6 Å². The maximum absolute atomic E-state index is 13.4. The zero-order chi connectivity index (χ0) is 26.7. The summed E-state index contributed by atoms with van der Waals surface area (Å²) in [5, 5.41) is 9.78. The molecule has 37 heavy (non-hydrogen) atoms. The quantitative estimate of drug-likeness (QED) is 0.374. The summed E-state index contributed by atoms with van der Waals surface area (Å²) in [6, 6.07) is 9.87. The van der Waals surface area contributed by atoms with E-state index in [1.807, 2.05) is 37.3 Å². The second-order valence-electron chi connectivity index (χ2n) is 9.50. The van der Waals surface area contributed by atoms with E-state index in [2.05, 4.69) is 17.9 Å². The average Bonchev–Trinajstić information content (AvgIpc) is 3.17. The van der Waals surface area contributed by atoms with Gasteiger partial charge in [-0.1, -0.05) is 43.0 Å². The van der Waals surface area contributed by atoms with Gasteiger partial charge in [-0.15, -0.1) is 0 Å². The van der Waals surface area contributed by atoms with Crippen LogP contribution in [-0.2, 0) is 17.8 Å². The zero-order valence-electron chi connectivity index (χ0n) is 21.7. The van der Waals surface area contributed by atoms with Crippen molar-refractivity contribution in [2.75, 3.05) is 31.6 Å². The van der Waals surface area contributed by atoms with Crippen molar-refractivity contribution >= 4 is 46.1 Å². The van der Waals surface area contributed by atoms with E-state index in [4.69, 9.17) is 17.0 Å². The molecule has 2 fully saturated rings. The molecule has 0 bridgehead atoms. The van der Waals surface area contributed by atoms with E-state index < -0.39 is 0 Å². The first-order chi connectivity index (χ1) is 17.8. The molecule has 0 atom stereocenters. The molecule has 0 saturated carbocycles. The van der Waals surface area contributed by atoms with Crippen LogP contribution in [0.25, 0.3) is 6.08 Å². The van der Waals surface area contributed by atoms with Crippen LogP contribution in [0.1, 0.15) is 48.9 Å². The highest BCUT2D eigenvalue weighted by molar-refractivity contribution is 8.26. The van der Waals surface area contributed by atoms with Gasteiger partial charge in [-0.3, -0.25) is 19.1 Å². The first-order valence-corrected chi connectivity index (χ1v) is 13.8. The van der Waals surface area contributed by atoms with E-state index in [1.54, 1.807) is 23.5 Å². The Bertz CT molecular complexity index is 1330. The van der Waals surface area contributed by atoms with Gasteiger partial charge in [-0.05, 0) is 68.4 Å². The Balaban J connectivity index is 1.69. The van der Waals surface area contributed by atoms with Gasteiger partial charge >= 0.3 is 0 Å². The molecule has 4 rings (SSSR count). The standard InChI is InChI=1S/C28H32N4O3S2/c1-5-31-25(30-13-10-18(2)11-14-30)22(19(3)23(17-29)26(31)33)16-24-27(34)32(28(36)37-24)15-12-20-6-8-21(35-4)9-7-20/h6-9,16,18H,5,10-15H2,1-4H3/b24-16-. The van der Waals surface area contributed by atoms with Gasteiger partial charge in [-0.25, -0.2) is 0 Å². The summed E-state index contributed by atoms with van der Waals surface area (Å²) in [5.74, 6) is 2.06. The number of rotatable bonds is 7. The van der Waals surface area contributed by atoms with Crippen LogP contribution in [0, 0.1) is 24.2 Å². The molecule has 0 N–H and O–H groups in total. The van der Waals surface area contributed by atoms with Crippen LogP contribution in [-0.4, -0.2) is 46.4 Å². The Kier molecular flexibility index (Phi) is 8.40. The summed E-state index contributed by atoms with van der Waals surface area (Å²) >= 11 is 6.85. The van der Waals surface area contributed by atoms with Crippen molar-refractivity contribution in [2.45, 2.75) is 46.6 Å². The van der Waals surface area contributed by atoms with Crippen LogP contribution >= 0.6 is 24.0 Å². The van der Waals surface area contributed by atoms with Crippen LogP contribution in [0.3, 0.4) is 0 Å². The van der Waals surface area contributed by atoms with Gasteiger partial charge in [-0.2, -0.15) is 5.26 Å². The average molecular weight is 537 g/mol. The van der Waals surface area contributed by atoms with E-state index in [9.17, 15) is 14.9 Å². The SMILES string of the molecule is CCn1c(N2CCC(C)CC2)c(/C=C2\SC(=S)N(CCc3ccc(OC)cc3)C2=O)c(C)c(C#N)c1=O. The largest absolute Gasteiger partial charge is 0.497 e. The molecule has 2 aromatic rings. The third kappa shape index (κ3) is 5.46. The fourth-order valence-electron chi connectivity index (χ4n) is 4.86. The lowest BCUT2D eigenvalue weighted by Crippen LogP contribution is -2.39. The number of thiocarbonyl (C=S) groups is 1. The van der Waals surface area contributed by atoms with Crippen LogP contribution in [0.2, 0.25) is 0 Å². The van der Waals surface area contributed by atoms with E-state index in [0.29, 0.717) is 40.2 Å². The predicted molar refractivity (Wildman–Crippen MR) is 153 cm³/mol. The van der Waals surface area contributed by atoms with Crippen molar-refractivity contribution in [1.82, 2.24) is 9.47 Å². The summed E-state index contributed by atoms with van der Waals surface area (Å²) in [7, 11) is 1.63. The third-order valence-electron chi connectivity index (χ3n) is 7.18. The lowest BCUT2D eigenvalue weighted by molar-refractivity contribution is -0.122. The minimum Gasteiger partial charge on any atom is -0.497 e. The molecule has 2 aliphatic heterocycles. The number of aromatic nitrogens is 1. The summed E-state index contributed by atoms with van der Waals surface area (Å²) in [6.07, 6.45) is 4.56. The van der Waals surface area contributed by atoms with E-state index in [-0.39, 0.29) is 17.0 Å². The van der Waals surface area contributed by atoms with Crippen molar-refractivity contribution in [1.29, 1.82) is 5.26 Å². The number of benzene rings is 1. The molecule has 194 valence electrons. The Labute approximate surface area is 227 Å². The van der Waals surface area contributed by atoms with Crippen molar-refractivity contribution in [3.8, 4) is 11.8 Å². The topological polar surface area (TPSA) is 78.6 Å². The highest BCUT2D eigenvalue weighted by atomic mass is 32.2. The Hall–Kier alpha value is -3.09. The number of methoxy groups -OCH3 is 1. The van der Waals surface area contributed by atoms with Gasteiger partial charge in [0.1, 0.15) is 27.5 Å². The minimum absolute atomic E-state index is 0.122. The molecule has 3 heterocycles. The van der Waals surface area contributed by atoms with Crippen molar-refractivity contribution in [3.63, 3.8) is 0 Å². The number of thioether (sulfide) groups is 1. The number of hydrogen-bond donors (Lipinski definition) is 0. The van der Waals surface area contributed by atoms with Gasteiger partial charge < -0.3 is 9.64 Å². The van der Waals surface area contributed by atoms with Gasteiger partial charge in [0.2, 0.25) is 0 Å². The molecule has 1 aromatic carbocycles. The van der Waals surface area contributed by atoms with Crippen molar-refractivity contribution < 1.29 is 9.53 Å². The lowest BCUT2D eigenvalue weighted by atomic mass is 9.97. The molecule has 1 amide bonds. The van der Waals surface area contributed by atoms with E-state index >= 15 is 0 Å². The molecule has 7 nitrogen and oxygen atoms in total. The lowest BCUT2D eigenvalue weighted by Gasteiger charge is -2.35. The van der Waals surface area contributed by atoms with Crippen LogP contribution < -0.4 is 15.2 Å². The predicted octanol–water partition coefficient (Wildman–Crippen LogP) is 4.74. The number of ether oxygens (including phenoxy) is 1. The van der Waals surface area contributed by atoms with Gasteiger partial charge in [0.25, 0.3) is 11.5 Å². The minimum atomic E-state index is -0.277. The first-order valence-electron chi connectivity index (χ1n) is 12.6. The Morgan fingerprint density at radius 2 is 1.89 bits per heavy atom. The molecule has 0 unspecified atom stereocenters. The fourth-order valence-corrected chi connectivity index (χ4v) is 6.15. The summed E-state index contributed by atoms with van der Waals surface area (Å²) in [4.78, 5) is 31.0. The third-order valence-corrected chi connectivity index (χ3v) is 8.56. The number of carbonyl (C=O) groups excluding carboxylic acids is 1. The van der Waals surface area contributed by atoms with E-state index in [1.165, 1.54) is 11.8 Å². The highest BCUT2D eigenvalue weighted by Crippen LogP contribution is 2.36. The van der Waals surface area contributed by atoms with Gasteiger partial charge in [0.05, 0.1) is 12.0 Å². The molecular weight excluding hydrogens is 504 g/mol. The Morgan fingerprint density at radius 1 is 1.22 bits per heavy atom. The molecule has 0 radical (unpaired) electrons. The van der Waals surface area contributed by atoms with Crippen LogP contribution in [0.15, 0.2) is 34.0 Å². The second kappa shape index (κ2) is 11.5. The number of anilines is 1. The van der Waals surface area contributed by atoms with Crippen LogP contribution in [0.5, 0.6) is 5.75 Å². The smallest absolute Gasteiger partial charge is 0.270 e. The van der Waals surface area contributed by atoms with Gasteiger partial charge in [0, 0.05) is 31.7 Å². The molecule has 1 aromatic heterocycles. The number of pyridine rings is 1. The number of carbonyl (C=O) groups is 1. The first kappa shape index (κ1) is 27.0. The molecule has 2 aliphatic rings. The fraction of sp³-hybridized carbons (Fsp3) is 0.429. The Morgan fingerprint density at radius 3 is 2.49 bits per heavy atom. The maximum Gasteiger partial charge on any atom is 0.270 e. The zero-order valence-corrected chi connectivity index (χ0v) is 23.4. The molecule has 0 spiro atoms. The second-order valence-corrected chi connectivity index (χ2v) is 11.2. The number of nitrogens with zero attached hydrogens (tertiary/aromatic N) is 4. The molecule has 9 heteroatoms. The highest BCUT2D eigenvalue weighted by Gasteiger charge is 2.33. The number of nitriles is 1. The number of amides is 1. The van der Waals surface area contributed by atoms with Gasteiger partial charge in [0.15, 0.2) is 0 Å². The summed E-state index contributed by atoms with van der Waals surface area (Å²) < 4.78 is 7.41. The number of piperidine rings is 1. The maximum atomic E-state index is 13.4.